The monoisotopic (exact) mass is 451 g/mol. The van der Waals surface area contributed by atoms with Gasteiger partial charge in [-0.2, -0.15) is 0 Å². The molecule has 0 aromatic heterocycles. The summed E-state index contributed by atoms with van der Waals surface area (Å²) < 4.78 is 11.4. The summed E-state index contributed by atoms with van der Waals surface area (Å²) in [5.74, 6) is 1.16. The third kappa shape index (κ3) is 8.37. The van der Waals surface area contributed by atoms with Crippen molar-refractivity contribution in [2.75, 3.05) is 19.8 Å². The molecule has 0 amide bonds. The van der Waals surface area contributed by atoms with Gasteiger partial charge in [-0.1, -0.05) is 88.4 Å². The van der Waals surface area contributed by atoms with Crippen molar-refractivity contribution in [3.63, 3.8) is 0 Å². The number of carbonyl (C=O) groups is 1. The summed E-state index contributed by atoms with van der Waals surface area (Å²) >= 11 is 0. The summed E-state index contributed by atoms with van der Waals surface area (Å²) in [6.45, 7) is 12.9. The molecular weight excluding hydrogens is 410 g/mol. The molecule has 0 saturated heterocycles. The van der Waals surface area contributed by atoms with Crippen molar-refractivity contribution in [2.24, 2.45) is 22.7 Å². The molecule has 4 rings (SSSR count). The molecule has 2 aromatic carbocycles. The van der Waals surface area contributed by atoms with E-state index in [1.807, 2.05) is 43.3 Å². The number of aldehydes is 1. The Kier molecular flexibility index (Phi) is 9.25. The molecule has 2 fully saturated rings. The maximum absolute atomic E-state index is 10.7. The lowest BCUT2D eigenvalue weighted by molar-refractivity contribution is -0.112. The van der Waals surface area contributed by atoms with E-state index in [9.17, 15) is 4.79 Å². The minimum atomic E-state index is -0.101. The highest BCUT2D eigenvalue weighted by molar-refractivity contribution is 5.63. The Bertz CT molecular complexity index is 840. The first kappa shape index (κ1) is 25.6. The molecule has 0 aliphatic heterocycles. The van der Waals surface area contributed by atoms with Gasteiger partial charge in [0.25, 0.3) is 0 Å². The predicted octanol–water partition coefficient (Wildman–Crippen LogP) is 5.66. The zero-order valence-corrected chi connectivity index (χ0v) is 20.8. The first-order valence-electron chi connectivity index (χ1n) is 12.3. The van der Waals surface area contributed by atoms with Crippen molar-refractivity contribution < 1.29 is 14.3 Å². The molecule has 0 spiro atoms. The van der Waals surface area contributed by atoms with Gasteiger partial charge in [0.05, 0.1) is 26.4 Å². The fourth-order valence-electron chi connectivity index (χ4n) is 4.07. The van der Waals surface area contributed by atoms with Crippen molar-refractivity contribution >= 4 is 6.29 Å². The molecule has 2 aromatic rings. The van der Waals surface area contributed by atoms with E-state index < -0.39 is 0 Å². The van der Waals surface area contributed by atoms with E-state index in [0.717, 1.165) is 38.4 Å². The Morgan fingerprint density at radius 2 is 1.39 bits per heavy atom. The number of hydrogen-bond acceptors (Lipinski definition) is 4. The van der Waals surface area contributed by atoms with E-state index >= 15 is 0 Å². The molecule has 0 heterocycles. The van der Waals surface area contributed by atoms with Crippen LogP contribution in [0.25, 0.3) is 0 Å². The number of benzene rings is 2. The number of nitrogens with one attached hydrogen (secondary N) is 1. The van der Waals surface area contributed by atoms with Crippen LogP contribution in [0.2, 0.25) is 0 Å². The van der Waals surface area contributed by atoms with Gasteiger partial charge >= 0.3 is 0 Å². The number of ether oxygens (including phenoxy) is 2. The number of hydrogen-bond donors (Lipinski definition) is 1. The van der Waals surface area contributed by atoms with Crippen LogP contribution >= 0.6 is 0 Å². The summed E-state index contributed by atoms with van der Waals surface area (Å²) in [6.07, 6.45) is 3.33. The number of carbonyl (C=O) groups excluding carboxylic acids is 1. The summed E-state index contributed by atoms with van der Waals surface area (Å²) in [6, 6.07) is 21.1. The molecule has 4 atom stereocenters. The lowest BCUT2D eigenvalue weighted by Crippen LogP contribution is -2.29. The second kappa shape index (κ2) is 11.9. The summed E-state index contributed by atoms with van der Waals surface area (Å²) in [5.41, 5.74) is 2.81. The predicted molar refractivity (Wildman–Crippen MR) is 134 cm³/mol. The molecule has 1 N–H and O–H groups in total. The second-order valence-corrected chi connectivity index (χ2v) is 10.6. The van der Waals surface area contributed by atoms with Crippen LogP contribution < -0.4 is 5.32 Å². The topological polar surface area (TPSA) is 47.6 Å². The Morgan fingerprint density at radius 3 is 1.85 bits per heavy atom. The average Bonchev–Trinajstić information content (AvgIpc) is 3.69. The van der Waals surface area contributed by atoms with Crippen LogP contribution in [0.3, 0.4) is 0 Å². The average molecular weight is 452 g/mol. The third-order valence-corrected chi connectivity index (χ3v) is 7.04. The minimum Gasteiger partial charge on any atom is -0.376 e. The highest BCUT2D eigenvalue weighted by atomic mass is 16.5. The van der Waals surface area contributed by atoms with E-state index in [-0.39, 0.29) is 5.41 Å². The molecule has 2 aliphatic rings. The first-order chi connectivity index (χ1) is 15.8. The second-order valence-electron chi connectivity index (χ2n) is 10.6. The van der Waals surface area contributed by atoms with Gasteiger partial charge in [-0.15, -0.1) is 0 Å². The summed E-state index contributed by atoms with van der Waals surface area (Å²) in [7, 11) is 0. The summed E-state index contributed by atoms with van der Waals surface area (Å²) in [4.78, 5) is 10.7. The molecule has 2 aliphatic carbocycles. The van der Waals surface area contributed by atoms with Crippen LogP contribution in [0.1, 0.15) is 51.7 Å². The Morgan fingerprint density at radius 1 is 0.879 bits per heavy atom. The van der Waals surface area contributed by atoms with E-state index in [0.29, 0.717) is 30.6 Å². The molecule has 0 unspecified atom stereocenters. The van der Waals surface area contributed by atoms with Crippen molar-refractivity contribution in [3.05, 3.63) is 71.8 Å². The van der Waals surface area contributed by atoms with Gasteiger partial charge in [0, 0.05) is 18.0 Å². The molecular formula is C29H41NO3. The summed E-state index contributed by atoms with van der Waals surface area (Å²) in [5, 5.41) is 3.53. The van der Waals surface area contributed by atoms with Crippen LogP contribution in [0, 0.1) is 22.7 Å². The Balaban J connectivity index is 0.000000189. The fourth-order valence-corrected chi connectivity index (χ4v) is 4.07. The lowest BCUT2D eigenvalue weighted by Gasteiger charge is -2.15. The minimum absolute atomic E-state index is 0.101. The van der Waals surface area contributed by atoms with Crippen molar-refractivity contribution in [2.45, 2.75) is 59.8 Å². The molecule has 4 nitrogen and oxygen atoms in total. The van der Waals surface area contributed by atoms with Gasteiger partial charge in [-0.25, -0.2) is 0 Å². The van der Waals surface area contributed by atoms with Gasteiger partial charge < -0.3 is 19.6 Å². The zero-order chi connectivity index (χ0) is 23.7. The highest BCUT2D eigenvalue weighted by Gasteiger charge is 2.50. The normalized spacial score (nSPS) is 27.5. The highest BCUT2D eigenvalue weighted by Crippen LogP contribution is 2.52. The largest absolute Gasteiger partial charge is 0.376 e. The van der Waals surface area contributed by atoms with Crippen LogP contribution in [0.4, 0.5) is 0 Å². The van der Waals surface area contributed by atoms with E-state index in [1.54, 1.807) is 0 Å². The molecule has 2 saturated carbocycles. The lowest BCUT2D eigenvalue weighted by atomic mass is 10.1. The van der Waals surface area contributed by atoms with Crippen molar-refractivity contribution in [3.8, 4) is 0 Å². The van der Waals surface area contributed by atoms with Gasteiger partial charge in [-0.3, -0.25) is 0 Å². The van der Waals surface area contributed by atoms with Gasteiger partial charge in [0.2, 0.25) is 0 Å². The standard InChI is InChI=1S/C16H25NO.C13H16O2/c1-13(2)17-12-16(3)9-15(16)11-18-10-14-7-5-4-6-8-14;1-13(10-14)7-12(13)9-15-8-11-5-3-2-4-6-11/h4-8,13,15,17H,9-12H2,1-3H3;2-6,10,12H,7-9H2,1H3/t15-,16+;12-,13+/m00/s1. The first-order valence-corrected chi connectivity index (χ1v) is 12.3. The van der Waals surface area contributed by atoms with Crippen LogP contribution in [-0.2, 0) is 27.5 Å². The molecule has 0 radical (unpaired) electrons. The smallest absolute Gasteiger partial charge is 0.126 e. The Hall–Kier alpha value is -2.01. The van der Waals surface area contributed by atoms with Crippen LogP contribution in [0.15, 0.2) is 60.7 Å². The molecule has 0 bridgehead atoms. The van der Waals surface area contributed by atoms with Crippen molar-refractivity contribution in [1.82, 2.24) is 5.32 Å². The van der Waals surface area contributed by atoms with Gasteiger partial charge in [0.1, 0.15) is 6.29 Å². The molecule has 180 valence electrons. The van der Waals surface area contributed by atoms with E-state index in [1.165, 1.54) is 17.5 Å². The molecule has 33 heavy (non-hydrogen) atoms. The molecule has 4 heteroatoms. The van der Waals surface area contributed by atoms with Gasteiger partial charge in [0.15, 0.2) is 0 Å². The van der Waals surface area contributed by atoms with Crippen LogP contribution in [0.5, 0.6) is 0 Å². The quantitative estimate of drug-likeness (QED) is 0.423. The fraction of sp³-hybridized carbons (Fsp3) is 0.552. The Labute approximate surface area is 200 Å². The zero-order valence-electron chi connectivity index (χ0n) is 20.8. The maximum atomic E-state index is 10.7. The third-order valence-electron chi connectivity index (χ3n) is 7.04. The van der Waals surface area contributed by atoms with E-state index in [4.69, 9.17) is 9.47 Å². The maximum Gasteiger partial charge on any atom is 0.126 e. The van der Waals surface area contributed by atoms with Crippen LogP contribution in [-0.4, -0.2) is 32.1 Å². The van der Waals surface area contributed by atoms with E-state index in [2.05, 4.69) is 50.4 Å². The van der Waals surface area contributed by atoms with Gasteiger partial charge in [-0.05, 0) is 41.2 Å². The SMILES string of the molecule is CC(C)NC[C@@]1(C)C[C@H]1COCc1ccccc1.C[C@]1(C=O)C[C@H]1COCc1ccccc1. The van der Waals surface area contributed by atoms with Crippen molar-refractivity contribution in [1.29, 1.82) is 0 Å². The number of rotatable bonds is 12.